The lowest BCUT2D eigenvalue weighted by Crippen LogP contribution is -2.37. The van der Waals surface area contributed by atoms with Crippen LogP contribution in [0.15, 0.2) is 29.2 Å². The second kappa shape index (κ2) is 6.26. The van der Waals surface area contributed by atoms with Crippen LogP contribution in [-0.2, 0) is 16.6 Å². The molecule has 7 heteroatoms. The van der Waals surface area contributed by atoms with Crippen molar-refractivity contribution in [3.63, 3.8) is 0 Å². The molecule has 3 N–H and O–H groups in total. The van der Waals surface area contributed by atoms with Crippen molar-refractivity contribution in [3.8, 4) is 0 Å². The van der Waals surface area contributed by atoms with Crippen LogP contribution in [0.25, 0.3) is 10.1 Å². The number of thiophene rings is 1. The average molecular weight is 343 g/mol. The first-order valence-electron chi connectivity index (χ1n) is 6.92. The van der Waals surface area contributed by atoms with Crippen LogP contribution in [0.3, 0.4) is 0 Å². The first-order valence-corrected chi connectivity index (χ1v) is 10.4. The van der Waals surface area contributed by atoms with Gasteiger partial charge >= 0.3 is 0 Å². The molecule has 0 radical (unpaired) electrons. The summed E-state index contributed by atoms with van der Waals surface area (Å²) in [5.74, 6) is 2.03. The van der Waals surface area contributed by atoms with Crippen LogP contribution in [0.5, 0.6) is 0 Å². The maximum absolute atomic E-state index is 12.8. The Morgan fingerprint density at radius 3 is 2.67 bits per heavy atom. The molecule has 114 valence electrons. The minimum absolute atomic E-state index is 0.0422. The number of hydrogen-bond donors (Lipinski definition) is 2. The van der Waals surface area contributed by atoms with Crippen molar-refractivity contribution in [3.05, 3.63) is 29.1 Å². The molecular formula is C14H18N2O2S3. The van der Waals surface area contributed by atoms with Crippen LogP contribution < -0.4 is 10.5 Å². The minimum atomic E-state index is -3.51. The van der Waals surface area contributed by atoms with Crippen LogP contribution in [0, 0.1) is 0 Å². The van der Waals surface area contributed by atoms with Gasteiger partial charge in [0, 0.05) is 27.5 Å². The van der Waals surface area contributed by atoms with Crippen molar-refractivity contribution < 1.29 is 8.42 Å². The summed E-state index contributed by atoms with van der Waals surface area (Å²) in [7, 11) is -3.51. The molecule has 0 unspecified atom stereocenters. The zero-order chi connectivity index (χ0) is 14.9. The van der Waals surface area contributed by atoms with E-state index >= 15 is 0 Å². The highest BCUT2D eigenvalue weighted by molar-refractivity contribution is 7.99. The van der Waals surface area contributed by atoms with E-state index in [0.717, 1.165) is 39.3 Å². The Kier molecular flexibility index (Phi) is 4.56. The Balaban J connectivity index is 2.01. The molecule has 2 aromatic rings. The fourth-order valence-electron chi connectivity index (χ4n) is 2.60. The van der Waals surface area contributed by atoms with E-state index in [-0.39, 0.29) is 12.6 Å². The largest absolute Gasteiger partial charge is 0.326 e. The Bertz CT molecular complexity index is 734. The minimum Gasteiger partial charge on any atom is -0.326 e. The molecule has 1 aromatic heterocycles. The van der Waals surface area contributed by atoms with Gasteiger partial charge in [0.25, 0.3) is 0 Å². The predicted molar refractivity (Wildman–Crippen MR) is 90.4 cm³/mol. The van der Waals surface area contributed by atoms with Crippen molar-refractivity contribution in [1.29, 1.82) is 0 Å². The van der Waals surface area contributed by atoms with E-state index in [9.17, 15) is 8.42 Å². The molecule has 3 rings (SSSR count). The van der Waals surface area contributed by atoms with Crippen LogP contribution in [-0.4, -0.2) is 26.0 Å². The smallest absolute Gasteiger partial charge is 0.242 e. The zero-order valence-electron chi connectivity index (χ0n) is 11.5. The summed E-state index contributed by atoms with van der Waals surface area (Å²) in [5, 5.41) is 0.778. The van der Waals surface area contributed by atoms with E-state index < -0.39 is 10.0 Å². The summed E-state index contributed by atoms with van der Waals surface area (Å²) >= 11 is 3.34. The number of nitrogens with one attached hydrogen (secondary N) is 1. The van der Waals surface area contributed by atoms with E-state index in [4.69, 9.17) is 5.73 Å². The van der Waals surface area contributed by atoms with Crippen LogP contribution >= 0.6 is 23.1 Å². The summed E-state index contributed by atoms with van der Waals surface area (Å²) in [4.78, 5) is 1.11. The number of nitrogens with two attached hydrogens (primary N) is 1. The highest BCUT2D eigenvalue weighted by Gasteiger charge is 2.27. The van der Waals surface area contributed by atoms with Crippen molar-refractivity contribution in [2.75, 3.05) is 11.5 Å². The predicted octanol–water partition coefficient (Wildman–Crippen LogP) is 2.53. The van der Waals surface area contributed by atoms with Crippen LogP contribution in [0.2, 0.25) is 0 Å². The highest BCUT2D eigenvalue weighted by Crippen LogP contribution is 2.34. The van der Waals surface area contributed by atoms with Gasteiger partial charge in [-0.2, -0.15) is 11.8 Å². The number of benzene rings is 1. The van der Waals surface area contributed by atoms with Gasteiger partial charge in [-0.3, -0.25) is 0 Å². The fraction of sp³-hybridized carbons (Fsp3) is 0.429. The zero-order valence-corrected chi connectivity index (χ0v) is 14.0. The van der Waals surface area contributed by atoms with Gasteiger partial charge in [-0.05, 0) is 30.4 Å². The van der Waals surface area contributed by atoms with Crippen molar-refractivity contribution in [1.82, 2.24) is 4.72 Å². The molecule has 0 atom stereocenters. The number of thioether (sulfide) groups is 1. The Hall–Kier alpha value is -0.600. The molecule has 2 heterocycles. The molecule has 0 bridgehead atoms. The third-order valence-electron chi connectivity index (χ3n) is 3.62. The van der Waals surface area contributed by atoms with E-state index in [1.54, 1.807) is 0 Å². The first kappa shape index (κ1) is 15.3. The number of fused-ring (bicyclic) bond motifs is 1. The molecule has 0 spiro atoms. The van der Waals surface area contributed by atoms with Gasteiger partial charge in [0.05, 0.1) is 0 Å². The van der Waals surface area contributed by atoms with Gasteiger partial charge in [0.2, 0.25) is 10.0 Å². The normalized spacial score (nSPS) is 17.4. The molecular weight excluding hydrogens is 324 g/mol. The lowest BCUT2D eigenvalue weighted by Gasteiger charge is -2.22. The molecule has 1 saturated heterocycles. The van der Waals surface area contributed by atoms with Crippen LogP contribution in [0.1, 0.15) is 17.7 Å². The van der Waals surface area contributed by atoms with Gasteiger partial charge in [-0.15, -0.1) is 11.3 Å². The lowest BCUT2D eigenvalue weighted by atomic mass is 10.2. The summed E-state index contributed by atoms with van der Waals surface area (Å²) in [6.07, 6.45) is 1.79. The van der Waals surface area contributed by atoms with Gasteiger partial charge in [-0.25, -0.2) is 13.1 Å². The summed E-state index contributed by atoms with van der Waals surface area (Å²) in [6, 6.07) is 7.62. The molecule has 4 nitrogen and oxygen atoms in total. The number of sulfonamides is 1. The molecule has 0 saturated carbocycles. The third-order valence-corrected chi connectivity index (χ3v) is 7.63. The number of rotatable bonds is 4. The quantitative estimate of drug-likeness (QED) is 0.895. The van der Waals surface area contributed by atoms with Gasteiger partial charge in [0.1, 0.15) is 4.90 Å². The maximum atomic E-state index is 12.8. The van der Waals surface area contributed by atoms with E-state index in [1.165, 1.54) is 11.3 Å². The SMILES string of the molecule is NCc1sc2ccccc2c1S(=O)(=O)NC1CCSCC1. The first-order chi connectivity index (χ1) is 10.1. The second-order valence-corrected chi connectivity index (χ2v) is 9.07. The average Bonchev–Trinajstić information content (AvgIpc) is 2.87. The Morgan fingerprint density at radius 1 is 1.24 bits per heavy atom. The molecule has 21 heavy (non-hydrogen) atoms. The summed E-state index contributed by atoms with van der Waals surface area (Å²) < 4.78 is 29.4. The fourth-order valence-corrected chi connectivity index (χ4v) is 6.84. The standard InChI is InChI=1S/C14H18N2O2S3/c15-9-13-14(11-3-1-2-4-12(11)20-13)21(17,18)16-10-5-7-19-8-6-10/h1-4,10,16H,5-9,15H2. The van der Waals surface area contributed by atoms with Gasteiger partial charge in [-0.1, -0.05) is 18.2 Å². The monoisotopic (exact) mass is 342 g/mol. The molecule has 0 aliphatic carbocycles. The van der Waals surface area contributed by atoms with E-state index in [0.29, 0.717) is 4.90 Å². The Labute approximate surface area is 133 Å². The van der Waals surface area contributed by atoms with E-state index in [2.05, 4.69) is 4.72 Å². The van der Waals surface area contributed by atoms with Gasteiger partial charge in [0.15, 0.2) is 0 Å². The number of hydrogen-bond acceptors (Lipinski definition) is 5. The van der Waals surface area contributed by atoms with Crippen molar-refractivity contribution >= 4 is 43.2 Å². The molecule has 1 aliphatic rings. The topological polar surface area (TPSA) is 72.2 Å². The van der Waals surface area contributed by atoms with Gasteiger partial charge < -0.3 is 5.73 Å². The molecule has 1 fully saturated rings. The maximum Gasteiger partial charge on any atom is 0.242 e. The summed E-state index contributed by atoms with van der Waals surface area (Å²) in [6.45, 7) is 0.246. The highest BCUT2D eigenvalue weighted by atomic mass is 32.2. The van der Waals surface area contributed by atoms with Crippen molar-refractivity contribution in [2.45, 2.75) is 30.3 Å². The van der Waals surface area contributed by atoms with Crippen molar-refractivity contribution in [2.24, 2.45) is 5.73 Å². The third kappa shape index (κ3) is 3.12. The summed E-state index contributed by atoms with van der Waals surface area (Å²) in [5.41, 5.74) is 5.76. The lowest BCUT2D eigenvalue weighted by molar-refractivity contribution is 0.529. The molecule has 1 aliphatic heterocycles. The molecule has 0 amide bonds. The van der Waals surface area contributed by atoms with Crippen LogP contribution in [0.4, 0.5) is 0 Å². The Morgan fingerprint density at radius 2 is 1.95 bits per heavy atom. The second-order valence-electron chi connectivity index (χ2n) is 5.06. The van der Waals surface area contributed by atoms with E-state index in [1.807, 2.05) is 36.0 Å². The molecule has 1 aromatic carbocycles.